The van der Waals surface area contributed by atoms with Crippen molar-refractivity contribution in [2.75, 3.05) is 64.4 Å². The summed E-state index contributed by atoms with van der Waals surface area (Å²) < 4.78 is 20.5. The van der Waals surface area contributed by atoms with Crippen LogP contribution in [0.5, 0.6) is 0 Å². The highest BCUT2D eigenvalue weighted by Crippen LogP contribution is 2.22. The van der Waals surface area contributed by atoms with Crippen LogP contribution in [0.2, 0.25) is 0 Å². The molecule has 0 radical (unpaired) electrons. The first-order chi connectivity index (χ1) is 12.2. The quantitative estimate of drug-likeness (QED) is 0.878. The smallest absolute Gasteiger partial charge is 0.157 e. The van der Waals surface area contributed by atoms with Crippen molar-refractivity contribution in [2.45, 2.75) is 13.0 Å². The fourth-order valence-corrected chi connectivity index (χ4v) is 3.58. The number of nitrogens with zero attached hydrogens (tertiary/aromatic N) is 3. The zero-order valence-corrected chi connectivity index (χ0v) is 15.2. The van der Waals surface area contributed by atoms with E-state index in [2.05, 4.69) is 44.3 Å². The number of rotatable bonds is 5. The van der Waals surface area contributed by atoms with Crippen molar-refractivity contribution in [3.63, 3.8) is 0 Å². The molecule has 0 aliphatic carbocycles. The summed E-state index contributed by atoms with van der Waals surface area (Å²) in [6.07, 6.45) is 0. The largest absolute Gasteiger partial charge is 0.378 e. The van der Waals surface area contributed by atoms with Crippen LogP contribution in [0.1, 0.15) is 6.92 Å². The van der Waals surface area contributed by atoms with Crippen molar-refractivity contribution in [1.29, 1.82) is 0 Å². The van der Waals surface area contributed by atoms with Gasteiger partial charge in [0, 0.05) is 52.0 Å². The molecule has 0 bridgehead atoms. The Morgan fingerprint density at radius 1 is 1.04 bits per heavy atom. The number of morpholine rings is 1. The molecule has 0 saturated carbocycles. The highest BCUT2D eigenvalue weighted by molar-refractivity contribution is 5.46. The molecule has 1 aromatic carbocycles. The highest BCUT2D eigenvalue weighted by Gasteiger charge is 2.27. The molecule has 1 atom stereocenters. The molecule has 1 aromatic rings. The average Bonchev–Trinajstić information content (AvgIpc) is 2.69. The molecule has 0 aromatic heterocycles. The van der Waals surface area contributed by atoms with Crippen LogP contribution in [-0.4, -0.2) is 75.4 Å². The molecule has 3 rings (SSSR count). The standard InChI is InChI=1S/C19H29FN4O/c1-16(18(20)19(21-2)24-12-14-25-15-13-24)22-8-10-23(11-9-22)17-6-4-3-5-7-17/h3-7,16,21H,8-15H2,1-2H3/b19-18-. The summed E-state index contributed by atoms with van der Waals surface area (Å²) in [4.78, 5) is 6.65. The Bertz CT molecular complexity index is 566. The second-order valence-electron chi connectivity index (χ2n) is 6.58. The van der Waals surface area contributed by atoms with Crippen LogP contribution in [0.4, 0.5) is 10.1 Å². The van der Waals surface area contributed by atoms with Gasteiger partial charge in [-0.2, -0.15) is 0 Å². The van der Waals surface area contributed by atoms with Crippen LogP contribution in [0, 0.1) is 0 Å². The molecule has 138 valence electrons. The normalized spacial score (nSPS) is 21.7. The Morgan fingerprint density at radius 2 is 1.68 bits per heavy atom. The van der Waals surface area contributed by atoms with Gasteiger partial charge in [-0.1, -0.05) is 18.2 Å². The third-order valence-corrected chi connectivity index (χ3v) is 5.14. The van der Waals surface area contributed by atoms with E-state index in [-0.39, 0.29) is 11.9 Å². The fraction of sp³-hybridized carbons (Fsp3) is 0.579. The Morgan fingerprint density at radius 3 is 2.28 bits per heavy atom. The van der Waals surface area contributed by atoms with E-state index in [1.165, 1.54) is 5.69 Å². The first kappa shape index (κ1) is 18.0. The van der Waals surface area contributed by atoms with E-state index >= 15 is 4.39 Å². The molecule has 2 fully saturated rings. The number of para-hydroxylation sites is 1. The lowest BCUT2D eigenvalue weighted by Gasteiger charge is -2.39. The Balaban J connectivity index is 1.62. The number of nitrogens with one attached hydrogen (secondary N) is 1. The highest BCUT2D eigenvalue weighted by atomic mass is 19.1. The molecule has 5 nitrogen and oxygen atoms in total. The Hall–Kier alpha value is -1.79. The van der Waals surface area contributed by atoms with Gasteiger partial charge in [0.25, 0.3) is 0 Å². The molecule has 2 saturated heterocycles. The topological polar surface area (TPSA) is 31.0 Å². The van der Waals surface area contributed by atoms with Crippen LogP contribution >= 0.6 is 0 Å². The molecule has 0 spiro atoms. The van der Waals surface area contributed by atoms with E-state index in [0.717, 1.165) is 39.3 Å². The first-order valence-electron chi connectivity index (χ1n) is 9.15. The van der Waals surface area contributed by atoms with Gasteiger partial charge >= 0.3 is 0 Å². The summed E-state index contributed by atoms with van der Waals surface area (Å²) in [6.45, 7) is 8.32. The molecule has 2 heterocycles. The second kappa shape index (κ2) is 8.54. The molecule has 2 aliphatic heterocycles. The van der Waals surface area contributed by atoms with Crippen LogP contribution in [-0.2, 0) is 4.74 Å². The van der Waals surface area contributed by atoms with Gasteiger partial charge in [-0.15, -0.1) is 0 Å². The van der Waals surface area contributed by atoms with Gasteiger partial charge in [-0.25, -0.2) is 4.39 Å². The molecular weight excluding hydrogens is 319 g/mol. The number of hydrogen-bond donors (Lipinski definition) is 1. The number of hydrogen-bond acceptors (Lipinski definition) is 5. The van der Waals surface area contributed by atoms with E-state index in [1.54, 1.807) is 7.05 Å². The van der Waals surface area contributed by atoms with E-state index in [4.69, 9.17) is 4.74 Å². The van der Waals surface area contributed by atoms with Gasteiger partial charge < -0.3 is 19.9 Å². The maximum absolute atomic E-state index is 15.1. The minimum atomic E-state index is -0.219. The van der Waals surface area contributed by atoms with Crippen LogP contribution in [0.15, 0.2) is 42.0 Å². The van der Waals surface area contributed by atoms with Crippen molar-refractivity contribution in [3.05, 3.63) is 42.0 Å². The van der Waals surface area contributed by atoms with Gasteiger partial charge in [-0.05, 0) is 19.1 Å². The van der Waals surface area contributed by atoms with Crippen LogP contribution in [0.3, 0.4) is 0 Å². The summed E-state index contributed by atoms with van der Waals surface area (Å²) in [5.41, 5.74) is 1.25. The first-order valence-corrected chi connectivity index (χ1v) is 9.15. The molecule has 0 amide bonds. The van der Waals surface area contributed by atoms with E-state index in [1.807, 2.05) is 13.0 Å². The average molecular weight is 348 g/mol. The second-order valence-corrected chi connectivity index (χ2v) is 6.58. The van der Waals surface area contributed by atoms with Gasteiger partial charge in [-0.3, -0.25) is 4.90 Å². The monoisotopic (exact) mass is 348 g/mol. The predicted octanol–water partition coefficient (Wildman–Crippen LogP) is 1.89. The molecule has 25 heavy (non-hydrogen) atoms. The number of halogens is 1. The fourth-order valence-electron chi connectivity index (χ4n) is 3.58. The molecule has 1 N–H and O–H groups in total. The zero-order chi connectivity index (χ0) is 17.6. The van der Waals surface area contributed by atoms with E-state index in [9.17, 15) is 0 Å². The van der Waals surface area contributed by atoms with Crippen LogP contribution in [0.25, 0.3) is 0 Å². The van der Waals surface area contributed by atoms with Crippen molar-refractivity contribution >= 4 is 5.69 Å². The Kier molecular flexibility index (Phi) is 6.15. The number of anilines is 1. The summed E-state index contributed by atoms with van der Waals surface area (Å²) >= 11 is 0. The van der Waals surface area contributed by atoms with Crippen molar-refractivity contribution in [3.8, 4) is 0 Å². The SMILES string of the molecule is CN/C(=C(/F)C(C)N1CCN(c2ccccc2)CC1)N1CCOCC1. The Labute approximate surface area is 150 Å². The lowest BCUT2D eigenvalue weighted by Crippen LogP contribution is -2.50. The summed E-state index contributed by atoms with van der Waals surface area (Å²) in [5.74, 6) is 0.541. The van der Waals surface area contributed by atoms with Crippen molar-refractivity contribution in [1.82, 2.24) is 15.1 Å². The summed E-state index contributed by atoms with van der Waals surface area (Å²) in [5, 5.41) is 3.06. The number of ether oxygens (including phenoxy) is 1. The zero-order valence-electron chi connectivity index (χ0n) is 15.2. The molecular formula is C19H29FN4O. The minimum absolute atomic E-state index is 0.0717. The lowest BCUT2D eigenvalue weighted by atomic mass is 10.1. The number of benzene rings is 1. The molecule has 1 unspecified atom stereocenters. The molecule has 2 aliphatic rings. The van der Waals surface area contributed by atoms with Gasteiger partial charge in [0.15, 0.2) is 5.83 Å². The molecule has 6 heteroatoms. The predicted molar refractivity (Wildman–Crippen MR) is 99.3 cm³/mol. The van der Waals surface area contributed by atoms with Gasteiger partial charge in [0.1, 0.15) is 5.82 Å². The van der Waals surface area contributed by atoms with Crippen molar-refractivity contribution < 1.29 is 9.13 Å². The van der Waals surface area contributed by atoms with E-state index in [0.29, 0.717) is 19.0 Å². The lowest BCUT2D eigenvalue weighted by molar-refractivity contribution is 0.0480. The number of piperazine rings is 1. The van der Waals surface area contributed by atoms with Crippen molar-refractivity contribution in [2.24, 2.45) is 0 Å². The third kappa shape index (κ3) is 4.25. The summed E-state index contributed by atoms with van der Waals surface area (Å²) in [6, 6.07) is 10.2. The van der Waals surface area contributed by atoms with Gasteiger partial charge in [0.2, 0.25) is 0 Å². The van der Waals surface area contributed by atoms with E-state index < -0.39 is 0 Å². The third-order valence-electron chi connectivity index (χ3n) is 5.14. The summed E-state index contributed by atoms with van der Waals surface area (Å²) in [7, 11) is 1.80. The van der Waals surface area contributed by atoms with Gasteiger partial charge in [0.05, 0.1) is 19.3 Å². The maximum Gasteiger partial charge on any atom is 0.157 e. The maximum atomic E-state index is 15.1. The van der Waals surface area contributed by atoms with Crippen LogP contribution < -0.4 is 10.2 Å². The minimum Gasteiger partial charge on any atom is -0.378 e.